The minimum atomic E-state index is 1.12. The third-order valence-corrected chi connectivity index (χ3v) is 5.31. The van der Waals surface area contributed by atoms with Gasteiger partial charge in [-0.2, -0.15) is 0 Å². The predicted octanol–water partition coefficient (Wildman–Crippen LogP) is 5.05. The van der Waals surface area contributed by atoms with Crippen LogP contribution in [-0.4, -0.2) is 38.5 Å². The average Bonchev–Trinajstić information content (AvgIpc) is 2.55. The highest BCUT2D eigenvalue weighted by Gasteiger charge is 2.15. The molecule has 0 aromatic heterocycles. The van der Waals surface area contributed by atoms with Gasteiger partial charge in [-0.05, 0) is 42.7 Å². The second-order valence-corrected chi connectivity index (χ2v) is 7.64. The van der Waals surface area contributed by atoms with E-state index in [-0.39, 0.29) is 0 Å². The highest BCUT2D eigenvalue weighted by Crippen LogP contribution is 2.37. The molecule has 0 heterocycles. The zero-order chi connectivity index (χ0) is 17.7. The lowest BCUT2D eigenvalue weighted by Crippen LogP contribution is -2.11. The predicted molar refractivity (Wildman–Crippen MR) is 109 cm³/mol. The Kier molecular flexibility index (Phi) is 6.50. The Bertz CT molecular complexity index is 717. The van der Waals surface area contributed by atoms with Crippen LogP contribution < -0.4 is 4.90 Å². The smallest absolute Gasteiger partial charge is 0.200 e. The van der Waals surface area contributed by atoms with E-state index in [1.807, 2.05) is 11.8 Å². The van der Waals surface area contributed by atoms with Gasteiger partial charge in [0.2, 0.25) is 5.71 Å². The van der Waals surface area contributed by atoms with Gasteiger partial charge in [0, 0.05) is 41.7 Å². The molecule has 1 aliphatic rings. The molecule has 1 aromatic carbocycles. The van der Waals surface area contributed by atoms with Crippen LogP contribution in [0.25, 0.3) is 0 Å². The van der Waals surface area contributed by atoms with Crippen molar-refractivity contribution >= 4 is 23.2 Å². The molecule has 3 heteroatoms. The van der Waals surface area contributed by atoms with E-state index in [4.69, 9.17) is 0 Å². The lowest BCUT2D eigenvalue weighted by Gasteiger charge is -2.17. The molecule has 0 unspecified atom stereocenters. The average molecular weight is 342 g/mol. The fourth-order valence-electron chi connectivity index (χ4n) is 2.45. The minimum absolute atomic E-state index is 1.12. The molecule has 0 spiro atoms. The zero-order valence-electron chi connectivity index (χ0n) is 15.8. The number of aryl methyl sites for hydroxylation is 1. The van der Waals surface area contributed by atoms with Crippen molar-refractivity contribution in [3.8, 4) is 0 Å². The Labute approximate surface area is 151 Å². The first-order valence-corrected chi connectivity index (χ1v) is 9.34. The van der Waals surface area contributed by atoms with Gasteiger partial charge in [0.15, 0.2) is 0 Å². The number of allylic oxidation sites excluding steroid dienone is 5. The third kappa shape index (κ3) is 4.64. The molecule has 1 aliphatic carbocycles. The van der Waals surface area contributed by atoms with E-state index < -0.39 is 0 Å². The Hall–Kier alpha value is -1.74. The number of unbranched alkanes of at least 4 members (excludes halogenated alkanes) is 1. The number of thioether (sulfide) groups is 1. The van der Waals surface area contributed by atoms with Gasteiger partial charge in [0.25, 0.3) is 0 Å². The van der Waals surface area contributed by atoms with Crippen molar-refractivity contribution in [3.05, 3.63) is 58.5 Å². The van der Waals surface area contributed by atoms with Crippen LogP contribution in [0, 0.1) is 6.92 Å². The van der Waals surface area contributed by atoms with Crippen LogP contribution in [0.2, 0.25) is 0 Å². The first-order valence-electron chi connectivity index (χ1n) is 8.52. The lowest BCUT2D eigenvalue weighted by atomic mass is 10.1. The molecule has 0 saturated carbocycles. The Morgan fingerprint density at radius 3 is 2.54 bits per heavy atom. The Morgan fingerprint density at radius 1 is 1.17 bits per heavy atom. The van der Waals surface area contributed by atoms with Gasteiger partial charge in [-0.3, -0.25) is 0 Å². The van der Waals surface area contributed by atoms with E-state index in [2.05, 4.69) is 94.0 Å². The second-order valence-electron chi connectivity index (χ2n) is 6.56. The van der Waals surface area contributed by atoms with E-state index in [9.17, 15) is 0 Å². The maximum absolute atomic E-state index is 2.35. The Morgan fingerprint density at radius 2 is 1.92 bits per heavy atom. The summed E-state index contributed by atoms with van der Waals surface area (Å²) in [6.07, 6.45) is 11.4. The van der Waals surface area contributed by atoms with Gasteiger partial charge in [0.05, 0.1) is 0 Å². The van der Waals surface area contributed by atoms with Crippen molar-refractivity contribution in [2.24, 2.45) is 0 Å². The van der Waals surface area contributed by atoms with Crippen molar-refractivity contribution < 1.29 is 4.58 Å². The Balaban J connectivity index is 2.40. The maximum atomic E-state index is 2.35. The van der Waals surface area contributed by atoms with Crippen molar-refractivity contribution in [2.75, 3.05) is 33.1 Å². The highest BCUT2D eigenvalue weighted by molar-refractivity contribution is 8.03. The summed E-state index contributed by atoms with van der Waals surface area (Å²) >= 11 is 1.87. The van der Waals surface area contributed by atoms with Gasteiger partial charge in [0.1, 0.15) is 14.1 Å². The zero-order valence-corrected chi connectivity index (χ0v) is 16.6. The van der Waals surface area contributed by atoms with Crippen molar-refractivity contribution in [3.63, 3.8) is 0 Å². The first kappa shape index (κ1) is 18.6. The van der Waals surface area contributed by atoms with Crippen molar-refractivity contribution in [1.29, 1.82) is 0 Å². The van der Waals surface area contributed by atoms with Crippen LogP contribution in [-0.2, 0) is 0 Å². The number of hydrogen-bond acceptors (Lipinski definition) is 2. The van der Waals surface area contributed by atoms with Crippen molar-refractivity contribution in [2.45, 2.75) is 31.6 Å². The molecule has 0 N–H and O–H groups in total. The van der Waals surface area contributed by atoms with Crippen molar-refractivity contribution in [1.82, 2.24) is 0 Å². The SMILES string of the molecule is CCC/C=C1\C=CC(=[N+](C)C)C=C1Sc1cc(N(C)C)ccc1C. The monoisotopic (exact) mass is 341 g/mol. The van der Waals surface area contributed by atoms with Crippen LogP contribution in [0.15, 0.2) is 57.9 Å². The summed E-state index contributed by atoms with van der Waals surface area (Å²) in [5.41, 5.74) is 5.14. The third-order valence-electron chi connectivity index (χ3n) is 4.07. The van der Waals surface area contributed by atoms with Crippen LogP contribution in [0.4, 0.5) is 5.69 Å². The fourth-order valence-corrected chi connectivity index (χ4v) is 3.55. The molecule has 0 radical (unpaired) electrons. The van der Waals surface area contributed by atoms with E-state index in [0.29, 0.717) is 0 Å². The molecule has 0 atom stereocenters. The maximum Gasteiger partial charge on any atom is 0.200 e. The molecule has 2 nitrogen and oxygen atoms in total. The van der Waals surface area contributed by atoms with Crippen LogP contribution in [0.5, 0.6) is 0 Å². The van der Waals surface area contributed by atoms with E-state index in [0.717, 1.165) is 6.42 Å². The second kappa shape index (κ2) is 8.39. The molecule has 2 rings (SSSR count). The van der Waals surface area contributed by atoms with Gasteiger partial charge in [-0.1, -0.05) is 37.2 Å². The normalized spacial score (nSPS) is 15.7. The summed E-state index contributed by atoms with van der Waals surface area (Å²) in [7, 11) is 8.37. The molecule has 128 valence electrons. The van der Waals surface area contributed by atoms with Gasteiger partial charge in [-0.25, -0.2) is 4.58 Å². The first-order chi connectivity index (χ1) is 11.4. The topological polar surface area (TPSA) is 6.25 Å². The molecule has 0 aliphatic heterocycles. The number of benzene rings is 1. The number of hydrogen-bond donors (Lipinski definition) is 0. The summed E-state index contributed by atoms with van der Waals surface area (Å²) in [5.74, 6) is 0. The highest BCUT2D eigenvalue weighted by atomic mass is 32.2. The molecule has 0 saturated heterocycles. The largest absolute Gasteiger partial charge is 0.378 e. The van der Waals surface area contributed by atoms with Gasteiger partial charge in [-0.15, -0.1) is 0 Å². The summed E-state index contributed by atoms with van der Waals surface area (Å²) in [5, 5.41) is 0. The number of nitrogens with zero attached hydrogens (tertiary/aromatic N) is 2. The van der Waals surface area contributed by atoms with E-state index in [1.54, 1.807) is 0 Å². The summed E-state index contributed by atoms with van der Waals surface area (Å²) < 4.78 is 2.16. The summed E-state index contributed by atoms with van der Waals surface area (Å²) in [4.78, 5) is 4.81. The lowest BCUT2D eigenvalue weighted by molar-refractivity contribution is -0.462. The van der Waals surface area contributed by atoms with Crippen LogP contribution in [0.3, 0.4) is 0 Å². The fraction of sp³-hybridized carbons (Fsp3) is 0.381. The quantitative estimate of drug-likeness (QED) is 0.692. The molecule has 0 amide bonds. The van der Waals surface area contributed by atoms with E-state index in [1.165, 1.54) is 38.8 Å². The molecule has 24 heavy (non-hydrogen) atoms. The summed E-state index contributed by atoms with van der Waals surface area (Å²) in [6, 6.07) is 6.68. The molecular weight excluding hydrogens is 312 g/mol. The minimum Gasteiger partial charge on any atom is -0.378 e. The van der Waals surface area contributed by atoms with Gasteiger partial charge < -0.3 is 4.90 Å². The number of rotatable bonds is 5. The van der Waals surface area contributed by atoms with Crippen LogP contribution >= 0.6 is 11.8 Å². The van der Waals surface area contributed by atoms with E-state index >= 15 is 0 Å². The molecular formula is C21H29N2S+. The molecule has 1 aromatic rings. The summed E-state index contributed by atoms with van der Waals surface area (Å²) in [6.45, 7) is 4.41. The van der Waals surface area contributed by atoms with Gasteiger partial charge >= 0.3 is 0 Å². The molecule has 0 fully saturated rings. The standard InChI is InChI=1S/C21H29N2S/c1-7-8-9-17-11-13-19(23(5)6)15-21(17)24-20-14-18(22(3)4)12-10-16(20)2/h9-15H,7-8H2,1-6H3/q+1/b17-9+. The molecule has 0 bridgehead atoms. The van der Waals surface area contributed by atoms with Crippen LogP contribution in [0.1, 0.15) is 25.3 Å². The number of anilines is 1.